The fourth-order valence-electron chi connectivity index (χ4n) is 4.02. The maximum Gasteiger partial charge on any atom is 0.0889 e. The fraction of sp³-hybridized carbons (Fsp3) is 0.824. The van der Waals surface area contributed by atoms with Gasteiger partial charge in [0.25, 0.3) is 0 Å². The molecule has 6 heteroatoms. The van der Waals surface area contributed by atoms with Gasteiger partial charge in [0.1, 0.15) is 0 Å². The Balaban J connectivity index is 1.25. The van der Waals surface area contributed by atoms with Gasteiger partial charge in [0.05, 0.1) is 31.6 Å². The first-order valence-electron chi connectivity index (χ1n) is 9.02. The van der Waals surface area contributed by atoms with Crippen LogP contribution in [0.15, 0.2) is 6.20 Å². The van der Waals surface area contributed by atoms with Crippen molar-refractivity contribution in [1.82, 2.24) is 24.5 Å². The molecular weight excluding hydrogens is 290 g/mol. The molecule has 6 nitrogen and oxygen atoms in total. The van der Waals surface area contributed by atoms with Gasteiger partial charge in [-0.25, -0.2) is 0 Å². The van der Waals surface area contributed by atoms with Crippen LogP contribution >= 0.6 is 0 Å². The van der Waals surface area contributed by atoms with Gasteiger partial charge in [-0.1, -0.05) is 0 Å². The van der Waals surface area contributed by atoms with Gasteiger partial charge in [-0.15, -0.1) is 0 Å². The van der Waals surface area contributed by atoms with E-state index in [0.29, 0.717) is 6.04 Å². The molecule has 128 valence electrons. The minimum atomic E-state index is 0.686. The lowest BCUT2D eigenvalue weighted by Gasteiger charge is -2.48. The standard InChI is InChI=1S/C17H29N5O/c1-14(2)20-3-5-21(6-4-20)16-11-19(12-16)10-15-9-18-22-7-8-23-13-17(15)22/h9,14,16H,3-8,10-13H2,1-2H3. The maximum absolute atomic E-state index is 5.58. The average molecular weight is 319 g/mol. The molecule has 0 aromatic carbocycles. The first kappa shape index (κ1) is 15.6. The van der Waals surface area contributed by atoms with E-state index in [0.717, 1.165) is 32.3 Å². The van der Waals surface area contributed by atoms with Crippen LogP contribution in [0, 0.1) is 0 Å². The van der Waals surface area contributed by atoms with Gasteiger partial charge in [-0.05, 0) is 13.8 Å². The molecule has 0 radical (unpaired) electrons. The summed E-state index contributed by atoms with van der Waals surface area (Å²) >= 11 is 0. The molecule has 2 fully saturated rings. The molecule has 0 amide bonds. The Hall–Kier alpha value is -0.950. The number of piperazine rings is 1. The van der Waals surface area contributed by atoms with Crippen molar-refractivity contribution in [1.29, 1.82) is 0 Å². The normalized spacial score (nSPS) is 24.8. The molecule has 2 saturated heterocycles. The van der Waals surface area contributed by atoms with Crippen LogP contribution in [-0.4, -0.2) is 82.4 Å². The summed E-state index contributed by atoms with van der Waals surface area (Å²) in [6.07, 6.45) is 2.04. The zero-order valence-electron chi connectivity index (χ0n) is 14.4. The van der Waals surface area contributed by atoms with Gasteiger partial charge < -0.3 is 4.74 Å². The molecule has 0 aliphatic carbocycles. The smallest absolute Gasteiger partial charge is 0.0889 e. The summed E-state index contributed by atoms with van der Waals surface area (Å²) in [5.41, 5.74) is 2.64. The molecular formula is C17H29N5O. The lowest BCUT2D eigenvalue weighted by atomic mass is 10.0. The Bertz CT molecular complexity index is 529. The highest BCUT2D eigenvalue weighted by atomic mass is 16.5. The SMILES string of the molecule is CC(C)N1CCN(C2CN(Cc3cnn4c3COCC4)C2)CC1. The molecule has 1 aromatic heterocycles. The number of rotatable bonds is 4. The summed E-state index contributed by atoms with van der Waals surface area (Å²) in [4.78, 5) is 7.82. The second-order valence-corrected chi connectivity index (χ2v) is 7.41. The van der Waals surface area contributed by atoms with Crippen molar-refractivity contribution < 1.29 is 4.74 Å². The molecule has 1 aromatic rings. The molecule has 0 bridgehead atoms. The van der Waals surface area contributed by atoms with Crippen molar-refractivity contribution >= 4 is 0 Å². The Morgan fingerprint density at radius 2 is 1.96 bits per heavy atom. The van der Waals surface area contributed by atoms with Crippen LogP contribution in [0.25, 0.3) is 0 Å². The van der Waals surface area contributed by atoms with Crippen LogP contribution in [0.3, 0.4) is 0 Å². The van der Waals surface area contributed by atoms with E-state index in [-0.39, 0.29) is 0 Å². The molecule has 0 spiro atoms. The molecule has 3 aliphatic heterocycles. The van der Waals surface area contributed by atoms with Crippen LogP contribution in [0.4, 0.5) is 0 Å². The van der Waals surface area contributed by atoms with Crippen LogP contribution in [0.2, 0.25) is 0 Å². The number of hydrogen-bond donors (Lipinski definition) is 0. The molecule has 0 N–H and O–H groups in total. The summed E-state index contributed by atoms with van der Waals surface area (Å²) in [6, 6.07) is 1.44. The molecule has 0 unspecified atom stereocenters. The van der Waals surface area contributed by atoms with Crippen LogP contribution in [-0.2, 0) is 24.4 Å². The summed E-state index contributed by atoms with van der Waals surface area (Å²) < 4.78 is 7.69. The molecule has 0 atom stereocenters. The van der Waals surface area contributed by atoms with E-state index in [1.807, 2.05) is 6.20 Å². The zero-order chi connectivity index (χ0) is 15.8. The van der Waals surface area contributed by atoms with Gasteiger partial charge in [-0.2, -0.15) is 5.10 Å². The topological polar surface area (TPSA) is 36.8 Å². The van der Waals surface area contributed by atoms with E-state index in [4.69, 9.17) is 4.74 Å². The Morgan fingerprint density at radius 1 is 1.17 bits per heavy atom. The van der Waals surface area contributed by atoms with Crippen molar-refractivity contribution in [3.05, 3.63) is 17.5 Å². The highest BCUT2D eigenvalue weighted by Crippen LogP contribution is 2.22. The van der Waals surface area contributed by atoms with Crippen molar-refractivity contribution in [2.45, 2.75) is 45.6 Å². The highest BCUT2D eigenvalue weighted by molar-refractivity contribution is 5.18. The number of likely N-dealkylation sites (tertiary alicyclic amines) is 1. The Labute approximate surface area is 139 Å². The van der Waals surface area contributed by atoms with Gasteiger partial charge >= 0.3 is 0 Å². The minimum absolute atomic E-state index is 0.686. The Morgan fingerprint density at radius 3 is 2.70 bits per heavy atom. The van der Waals surface area contributed by atoms with E-state index in [9.17, 15) is 0 Å². The fourth-order valence-corrected chi connectivity index (χ4v) is 4.02. The van der Waals surface area contributed by atoms with Crippen molar-refractivity contribution in [2.24, 2.45) is 0 Å². The number of ether oxygens (including phenoxy) is 1. The summed E-state index contributed by atoms with van der Waals surface area (Å²) in [7, 11) is 0. The van der Waals surface area contributed by atoms with Crippen molar-refractivity contribution in [2.75, 3.05) is 45.9 Å². The molecule has 4 rings (SSSR count). The molecule has 4 heterocycles. The van der Waals surface area contributed by atoms with E-state index >= 15 is 0 Å². The average Bonchev–Trinajstić information content (AvgIpc) is 2.94. The quantitative estimate of drug-likeness (QED) is 0.813. The third-order valence-electron chi connectivity index (χ3n) is 5.65. The van der Waals surface area contributed by atoms with Gasteiger partial charge in [0, 0.05) is 63.5 Å². The van der Waals surface area contributed by atoms with Gasteiger partial charge in [-0.3, -0.25) is 19.4 Å². The maximum atomic E-state index is 5.58. The zero-order valence-corrected chi connectivity index (χ0v) is 14.4. The number of hydrogen-bond acceptors (Lipinski definition) is 5. The second-order valence-electron chi connectivity index (χ2n) is 7.41. The third-order valence-corrected chi connectivity index (χ3v) is 5.65. The molecule has 23 heavy (non-hydrogen) atoms. The van der Waals surface area contributed by atoms with Crippen molar-refractivity contribution in [3.63, 3.8) is 0 Å². The lowest BCUT2D eigenvalue weighted by molar-refractivity contribution is -0.00469. The van der Waals surface area contributed by atoms with Gasteiger partial charge in [0.15, 0.2) is 0 Å². The van der Waals surface area contributed by atoms with Gasteiger partial charge in [0.2, 0.25) is 0 Å². The van der Waals surface area contributed by atoms with Crippen molar-refractivity contribution in [3.8, 4) is 0 Å². The third kappa shape index (κ3) is 3.18. The van der Waals surface area contributed by atoms with E-state index in [1.54, 1.807) is 0 Å². The highest BCUT2D eigenvalue weighted by Gasteiger charge is 2.34. The van der Waals surface area contributed by atoms with Crippen LogP contribution in [0.1, 0.15) is 25.1 Å². The number of aromatic nitrogens is 2. The lowest BCUT2D eigenvalue weighted by Crippen LogP contribution is -2.63. The minimum Gasteiger partial charge on any atom is -0.373 e. The van der Waals surface area contributed by atoms with Crippen LogP contribution in [0.5, 0.6) is 0 Å². The first-order chi connectivity index (χ1) is 11.2. The predicted octanol–water partition coefficient (Wildman–Crippen LogP) is 0.624. The second kappa shape index (κ2) is 6.51. The van der Waals surface area contributed by atoms with E-state index in [1.165, 1.54) is 50.5 Å². The summed E-state index contributed by atoms with van der Waals surface area (Å²) in [5, 5.41) is 4.50. The molecule has 0 saturated carbocycles. The van der Waals surface area contributed by atoms with E-state index < -0.39 is 0 Å². The number of fused-ring (bicyclic) bond motifs is 1. The predicted molar refractivity (Wildman–Crippen MR) is 89.2 cm³/mol. The van der Waals surface area contributed by atoms with Crippen LogP contribution < -0.4 is 0 Å². The van der Waals surface area contributed by atoms with E-state index in [2.05, 4.69) is 38.3 Å². The Kier molecular flexibility index (Phi) is 4.41. The largest absolute Gasteiger partial charge is 0.373 e. The summed E-state index contributed by atoms with van der Waals surface area (Å²) in [6.45, 7) is 15.4. The number of nitrogens with zero attached hydrogens (tertiary/aromatic N) is 5. The molecule has 3 aliphatic rings. The first-order valence-corrected chi connectivity index (χ1v) is 9.02. The summed E-state index contributed by atoms with van der Waals surface area (Å²) in [5.74, 6) is 0. The monoisotopic (exact) mass is 319 g/mol.